The number of aliphatic hydroxyl groups excluding tert-OH is 1. The van der Waals surface area contributed by atoms with Crippen LogP contribution in [0, 0.1) is 6.92 Å². The van der Waals surface area contributed by atoms with Crippen molar-refractivity contribution in [2.24, 2.45) is 0 Å². The molecule has 0 aliphatic carbocycles. The van der Waals surface area contributed by atoms with E-state index in [-0.39, 0.29) is 13.0 Å². The lowest BCUT2D eigenvalue weighted by molar-refractivity contribution is -0.0554. The molecule has 0 aromatic carbocycles. The lowest BCUT2D eigenvalue weighted by Crippen LogP contribution is -2.33. The van der Waals surface area contributed by atoms with Crippen molar-refractivity contribution in [3.8, 4) is 0 Å². The Morgan fingerprint density at radius 1 is 1.64 bits per heavy atom. The molecular formula is C13H16N2O7. The summed E-state index contributed by atoms with van der Waals surface area (Å²) in [6, 6.07) is 0. The van der Waals surface area contributed by atoms with E-state index in [1.54, 1.807) is 6.92 Å². The van der Waals surface area contributed by atoms with Crippen LogP contribution in [0.2, 0.25) is 0 Å². The van der Waals surface area contributed by atoms with Gasteiger partial charge in [-0.25, -0.2) is 9.59 Å². The van der Waals surface area contributed by atoms with Crippen molar-refractivity contribution in [2.75, 3.05) is 6.61 Å². The lowest BCUT2D eigenvalue weighted by Gasteiger charge is -2.16. The molecule has 0 spiro atoms. The van der Waals surface area contributed by atoms with Gasteiger partial charge in [0.25, 0.3) is 5.56 Å². The van der Waals surface area contributed by atoms with Crippen LogP contribution in [0.1, 0.15) is 18.2 Å². The average Bonchev–Trinajstić information content (AvgIpc) is 2.82. The van der Waals surface area contributed by atoms with Gasteiger partial charge in [0.1, 0.15) is 18.9 Å². The Morgan fingerprint density at radius 3 is 3.05 bits per heavy atom. The molecule has 9 nitrogen and oxygen atoms in total. The van der Waals surface area contributed by atoms with Crippen LogP contribution in [-0.2, 0) is 14.2 Å². The standard InChI is InChI=1S/C13H16N2O7/c1-3-20-13(19)21-6-9-8(16)4-10(22-9)15-5-7(2)11(17)14-12(15)18/h3,5,8-10,16H,1,4,6H2,2H3,(H,14,17,18)/t8-,9+,10+/m0/s1. The summed E-state index contributed by atoms with van der Waals surface area (Å²) in [4.78, 5) is 36.3. The molecule has 2 rings (SSSR count). The van der Waals surface area contributed by atoms with E-state index >= 15 is 0 Å². The number of carbonyl (C=O) groups excluding carboxylic acids is 1. The number of H-pyrrole nitrogens is 1. The van der Waals surface area contributed by atoms with Gasteiger partial charge >= 0.3 is 11.8 Å². The number of hydrogen-bond donors (Lipinski definition) is 2. The summed E-state index contributed by atoms with van der Waals surface area (Å²) < 4.78 is 15.8. The van der Waals surface area contributed by atoms with Gasteiger partial charge in [0.2, 0.25) is 0 Å². The number of ether oxygens (including phenoxy) is 3. The zero-order valence-electron chi connectivity index (χ0n) is 11.9. The number of aromatic nitrogens is 2. The molecule has 0 bridgehead atoms. The van der Waals surface area contributed by atoms with Crippen LogP contribution in [0.4, 0.5) is 4.79 Å². The summed E-state index contributed by atoms with van der Waals surface area (Å²) in [5.74, 6) is 0. The number of nitrogens with zero attached hydrogens (tertiary/aromatic N) is 1. The highest BCUT2D eigenvalue weighted by Gasteiger charge is 2.36. The van der Waals surface area contributed by atoms with Crippen LogP contribution in [0.25, 0.3) is 0 Å². The topological polar surface area (TPSA) is 120 Å². The van der Waals surface area contributed by atoms with E-state index < -0.39 is 35.8 Å². The van der Waals surface area contributed by atoms with Gasteiger partial charge in [0.15, 0.2) is 0 Å². The van der Waals surface area contributed by atoms with Crippen LogP contribution < -0.4 is 11.2 Å². The van der Waals surface area contributed by atoms with Crippen molar-refractivity contribution >= 4 is 6.16 Å². The van der Waals surface area contributed by atoms with E-state index in [9.17, 15) is 19.5 Å². The van der Waals surface area contributed by atoms with E-state index in [0.717, 1.165) is 6.26 Å². The van der Waals surface area contributed by atoms with Crippen LogP contribution in [0.3, 0.4) is 0 Å². The fraction of sp³-hybridized carbons (Fsp3) is 0.462. The normalized spacial score (nSPS) is 24.0. The number of rotatable bonds is 4. The van der Waals surface area contributed by atoms with Crippen molar-refractivity contribution in [1.82, 2.24) is 9.55 Å². The Kier molecular flexibility index (Phi) is 4.78. The van der Waals surface area contributed by atoms with Gasteiger partial charge < -0.3 is 19.3 Å². The van der Waals surface area contributed by atoms with E-state index in [1.165, 1.54) is 10.8 Å². The van der Waals surface area contributed by atoms with Gasteiger partial charge in [-0.2, -0.15) is 0 Å². The molecule has 0 saturated carbocycles. The second-order valence-corrected chi connectivity index (χ2v) is 4.76. The molecule has 1 aromatic heterocycles. The van der Waals surface area contributed by atoms with Crippen molar-refractivity contribution in [1.29, 1.82) is 0 Å². The summed E-state index contributed by atoms with van der Waals surface area (Å²) >= 11 is 0. The molecule has 2 N–H and O–H groups in total. The Hall–Kier alpha value is -2.39. The highest BCUT2D eigenvalue weighted by atomic mass is 16.7. The molecule has 0 unspecified atom stereocenters. The van der Waals surface area contributed by atoms with Crippen LogP contribution in [-0.4, -0.2) is 39.6 Å². The Labute approximate surface area is 124 Å². The second-order valence-electron chi connectivity index (χ2n) is 4.76. The summed E-state index contributed by atoms with van der Waals surface area (Å²) in [6.45, 7) is 4.51. The third-order valence-electron chi connectivity index (χ3n) is 3.21. The molecule has 2 heterocycles. The summed E-state index contributed by atoms with van der Waals surface area (Å²) in [6.07, 6.45) is -1.07. The van der Waals surface area contributed by atoms with Crippen molar-refractivity contribution in [3.63, 3.8) is 0 Å². The van der Waals surface area contributed by atoms with Gasteiger partial charge in [-0.3, -0.25) is 14.3 Å². The molecule has 0 radical (unpaired) electrons. The fourth-order valence-electron chi connectivity index (χ4n) is 2.09. The fourth-order valence-corrected chi connectivity index (χ4v) is 2.09. The monoisotopic (exact) mass is 312 g/mol. The smallest absolute Gasteiger partial charge is 0.431 e. The molecular weight excluding hydrogens is 296 g/mol. The number of aromatic amines is 1. The molecule has 1 aromatic rings. The molecule has 0 amide bonds. The minimum Gasteiger partial charge on any atom is -0.431 e. The SMILES string of the molecule is C=COC(=O)OC[C@H]1O[C@@H](n2cc(C)c(=O)[nH]c2=O)C[C@@H]1O. The van der Waals surface area contributed by atoms with E-state index in [1.807, 2.05) is 0 Å². The van der Waals surface area contributed by atoms with Gasteiger partial charge in [0.05, 0.1) is 12.4 Å². The maximum absolute atomic E-state index is 11.8. The zero-order valence-corrected chi connectivity index (χ0v) is 11.9. The molecule has 120 valence electrons. The first-order chi connectivity index (χ1) is 10.4. The maximum Gasteiger partial charge on any atom is 0.513 e. The van der Waals surface area contributed by atoms with Crippen molar-refractivity contribution in [3.05, 3.63) is 45.4 Å². The Balaban J connectivity index is 2.06. The Bertz CT molecular complexity index is 678. The lowest BCUT2D eigenvalue weighted by atomic mass is 10.2. The molecule has 1 fully saturated rings. The Morgan fingerprint density at radius 2 is 2.36 bits per heavy atom. The van der Waals surface area contributed by atoms with E-state index in [2.05, 4.69) is 16.3 Å². The number of carbonyl (C=O) groups is 1. The molecule has 9 heteroatoms. The predicted molar refractivity (Wildman–Crippen MR) is 73.2 cm³/mol. The van der Waals surface area contributed by atoms with Crippen LogP contribution in [0.5, 0.6) is 0 Å². The summed E-state index contributed by atoms with van der Waals surface area (Å²) in [5.41, 5.74) is -0.778. The third kappa shape index (κ3) is 3.43. The number of nitrogens with one attached hydrogen (secondary N) is 1. The highest BCUT2D eigenvalue weighted by molar-refractivity contribution is 5.60. The van der Waals surface area contributed by atoms with E-state index in [4.69, 9.17) is 9.47 Å². The number of aryl methyl sites for hydroxylation is 1. The predicted octanol–water partition coefficient (Wildman–Crippen LogP) is -0.210. The second kappa shape index (κ2) is 6.58. The van der Waals surface area contributed by atoms with Crippen LogP contribution in [0.15, 0.2) is 28.6 Å². The minimum atomic E-state index is -0.966. The van der Waals surface area contributed by atoms with E-state index in [0.29, 0.717) is 5.56 Å². The van der Waals surface area contributed by atoms with Gasteiger partial charge in [-0.05, 0) is 6.92 Å². The molecule has 1 aliphatic rings. The first kappa shape index (κ1) is 16.0. The van der Waals surface area contributed by atoms with Crippen LogP contribution >= 0.6 is 0 Å². The summed E-state index contributed by atoms with van der Waals surface area (Å²) in [7, 11) is 0. The first-order valence-electron chi connectivity index (χ1n) is 6.52. The van der Waals surface area contributed by atoms with Crippen molar-refractivity contribution < 1.29 is 24.1 Å². The highest BCUT2D eigenvalue weighted by Crippen LogP contribution is 2.27. The van der Waals surface area contributed by atoms with Gasteiger partial charge in [0, 0.05) is 18.2 Å². The average molecular weight is 312 g/mol. The molecule has 1 aliphatic heterocycles. The van der Waals surface area contributed by atoms with Crippen molar-refractivity contribution in [2.45, 2.75) is 31.8 Å². The quantitative estimate of drug-likeness (QED) is 0.583. The molecule has 3 atom stereocenters. The molecule has 1 saturated heterocycles. The first-order valence-corrected chi connectivity index (χ1v) is 6.52. The van der Waals surface area contributed by atoms with Gasteiger partial charge in [-0.1, -0.05) is 6.58 Å². The number of aliphatic hydroxyl groups is 1. The maximum atomic E-state index is 11.8. The molecule has 22 heavy (non-hydrogen) atoms. The van der Waals surface area contributed by atoms with Gasteiger partial charge in [-0.15, -0.1) is 0 Å². The summed E-state index contributed by atoms with van der Waals surface area (Å²) in [5, 5.41) is 9.91. The number of hydrogen-bond acceptors (Lipinski definition) is 7. The largest absolute Gasteiger partial charge is 0.513 e. The third-order valence-corrected chi connectivity index (χ3v) is 3.21. The minimum absolute atomic E-state index is 0.121. The zero-order chi connectivity index (χ0) is 16.3.